The monoisotopic (exact) mass is 262 g/mol. The highest BCUT2D eigenvalue weighted by Gasteiger charge is 2.37. The predicted molar refractivity (Wildman–Crippen MR) is 60.2 cm³/mol. The lowest BCUT2D eigenvalue weighted by molar-refractivity contribution is -0.138. The van der Waals surface area contributed by atoms with Gasteiger partial charge in [0.15, 0.2) is 0 Å². The van der Waals surface area contributed by atoms with Gasteiger partial charge in [-0.3, -0.25) is 5.10 Å². The molecule has 0 amide bonds. The second-order valence-electron chi connectivity index (χ2n) is 4.13. The number of benzene rings is 1. The second kappa shape index (κ2) is 3.91. The molecule has 2 rings (SSSR count). The number of fused-ring (bicyclic) bond motifs is 1. The molecule has 6 heteroatoms. The van der Waals surface area contributed by atoms with E-state index in [1.807, 2.05) is 0 Å². The van der Waals surface area contributed by atoms with E-state index in [9.17, 15) is 13.2 Å². The molecule has 0 atom stereocenters. The number of hydrogen-bond donors (Lipinski definition) is 1. The summed E-state index contributed by atoms with van der Waals surface area (Å²) in [5, 5.41) is 6.57. The van der Waals surface area contributed by atoms with Gasteiger partial charge in [0.05, 0.1) is 22.3 Å². The largest absolute Gasteiger partial charge is 0.418 e. The lowest BCUT2D eigenvalue weighted by Gasteiger charge is -2.18. The first-order valence-corrected chi connectivity index (χ1v) is 5.43. The van der Waals surface area contributed by atoms with Crippen LogP contribution >= 0.6 is 11.6 Å². The van der Waals surface area contributed by atoms with Crippen LogP contribution in [-0.2, 0) is 6.18 Å². The Morgan fingerprint density at radius 1 is 1.35 bits per heavy atom. The molecule has 1 aromatic carbocycles. The van der Waals surface area contributed by atoms with E-state index in [0.29, 0.717) is 10.9 Å². The zero-order chi connectivity index (χ0) is 12.8. The molecule has 0 bridgehead atoms. The molecule has 2 aromatic rings. The van der Waals surface area contributed by atoms with Gasteiger partial charge in [-0.05, 0) is 17.5 Å². The molecule has 0 radical (unpaired) electrons. The van der Waals surface area contributed by atoms with Crippen molar-refractivity contribution in [3.8, 4) is 0 Å². The Balaban J connectivity index is 2.89. The first kappa shape index (κ1) is 12.2. The molecule has 0 aliphatic carbocycles. The van der Waals surface area contributed by atoms with Crippen LogP contribution in [0.15, 0.2) is 12.3 Å². The van der Waals surface area contributed by atoms with Crippen LogP contribution in [0, 0.1) is 0 Å². The topological polar surface area (TPSA) is 28.7 Å². The third kappa shape index (κ3) is 1.99. The highest BCUT2D eigenvalue weighted by atomic mass is 35.5. The number of hydrogen-bond acceptors (Lipinski definition) is 1. The first-order valence-electron chi connectivity index (χ1n) is 5.05. The van der Waals surface area contributed by atoms with E-state index >= 15 is 0 Å². The summed E-state index contributed by atoms with van der Waals surface area (Å²) in [4.78, 5) is 0. The van der Waals surface area contributed by atoms with E-state index in [2.05, 4.69) is 10.2 Å². The summed E-state index contributed by atoms with van der Waals surface area (Å²) in [7, 11) is 0. The molecule has 0 spiro atoms. The minimum atomic E-state index is -4.46. The minimum absolute atomic E-state index is 0.189. The molecule has 0 aliphatic rings. The molecule has 0 fully saturated rings. The molecule has 1 heterocycles. The molecule has 0 saturated heterocycles. The van der Waals surface area contributed by atoms with Gasteiger partial charge in [0.25, 0.3) is 0 Å². The number of alkyl halides is 3. The van der Waals surface area contributed by atoms with Crippen LogP contribution in [0.5, 0.6) is 0 Å². The van der Waals surface area contributed by atoms with E-state index in [0.717, 1.165) is 0 Å². The summed E-state index contributed by atoms with van der Waals surface area (Å²) in [6.45, 7) is 3.40. The summed E-state index contributed by atoms with van der Waals surface area (Å²) < 4.78 is 39.0. The number of nitrogens with one attached hydrogen (secondary N) is 1. The number of aromatic nitrogens is 2. The zero-order valence-electron chi connectivity index (χ0n) is 9.19. The maximum atomic E-state index is 13.0. The fourth-order valence-electron chi connectivity index (χ4n) is 1.97. The summed E-state index contributed by atoms with van der Waals surface area (Å²) in [6, 6.07) is 1.26. The Hall–Kier alpha value is -1.23. The van der Waals surface area contributed by atoms with Gasteiger partial charge in [0.1, 0.15) is 0 Å². The van der Waals surface area contributed by atoms with Gasteiger partial charge in [0.2, 0.25) is 0 Å². The summed E-state index contributed by atoms with van der Waals surface area (Å²) >= 11 is 5.73. The quantitative estimate of drug-likeness (QED) is 0.813. The third-order valence-corrected chi connectivity index (χ3v) is 2.90. The molecule has 17 heavy (non-hydrogen) atoms. The lowest BCUT2D eigenvalue weighted by atomic mass is 9.93. The second-order valence-corrected chi connectivity index (χ2v) is 4.54. The van der Waals surface area contributed by atoms with Crippen molar-refractivity contribution in [2.24, 2.45) is 0 Å². The average Bonchev–Trinajstić information content (AvgIpc) is 2.60. The zero-order valence-corrected chi connectivity index (χ0v) is 9.95. The van der Waals surface area contributed by atoms with E-state index in [1.54, 1.807) is 13.8 Å². The van der Waals surface area contributed by atoms with Crippen molar-refractivity contribution in [2.75, 3.05) is 0 Å². The first-order chi connectivity index (χ1) is 7.82. The van der Waals surface area contributed by atoms with Crippen molar-refractivity contribution in [2.45, 2.75) is 25.9 Å². The molecule has 0 unspecified atom stereocenters. The van der Waals surface area contributed by atoms with Crippen LogP contribution < -0.4 is 0 Å². The van der Waals surface area contributed by atoms with E-state index in [-0.39, 0.29) is 16.5 Å². The van der Waals surface area contributed by atoms with Crippen LogP contribution in [0.3, 0.4) is 0 Å². The van der Waals surface area contributed by atoms with Crippen LogP contribution in [0.4, 0.5) is 13.2 Å². The fourth-order valence-corrected chi connectivity index (χ4v) is 2.29. The third-order valence-electron chi connectivity index (χ3n) is 2.60. The Morgan fingerprint density at radius 2 is 2.00 bits per heavy atom. The average molecular weight is 263 g/mol. The standard InChI is InChI=1S/C11H10ClF3N2/c1-5(2)9-6-4-16-17-8(6)3-7(12)10(9)11(13,14)15/h3-5H,1-2H3,(H,16,17). The van der Waals surface area contributed by atoms with Crippen LogP contribution in [-0.4, -0.2) is 10.2 Å². The van der Waals surface area contributed by atoms with Gasteiger partial charge in [0, 0.05) is 5.39 Å². The lowest BCUT2D eigenvalue weighted by Crippen LogP contribution is -2.11. The molecule has 0 saturated carbocycles. The van der Waals surface area contributed by atoms with E-state index < -0.39 is 11.7 Å². The smallest absolute Gasteiger partial charge is 0.278 e. The van der Waals surface area contributed by atoms with Crippen LogP contribution in [0.25, 0.3) is 10.9 Å². The molecular weight excluding hydrogens is 253 g/mol. The number of H-pyrrole nitrogens is 1. The van der Waals surface area contributed by atoms with Gasteiger partial charge in [-0.15, -0.1) is 0 Å². The van der Waals surface area contributed by atoms with Gasteiger partial charge >= 0.3 is 6.18 Å². The summed E-state index contributed by atoms with van der Waals surface area (Å²) in [6.07, 6.45) is -3.06. The van der Waals surface area contributed by atoms with Crippen molar-refractivity contribution >= 4 is 22.5 Å². The van der Waals surface area contributed by atoms with Gasteiger partial charge in [-0.25, -0.2) is 0 Å². The summed E-state index contributed by atoms with van der Waals surface area (Å²) in [5.74, 6) is -0.287. The van der Waals surface area contributed by atoms with E-state index in [1.165, 1.54) is 12.3 Å². The van der Waals surface area contributed by atoms with Gasteiger partial charge in [-0.1, -0.05) is 25.4 Å². The normalized spacial score (nSPS) is 12.6. The molecule has 1 aromatic heterocycles. The van der Waals surface area contributed by atoms with Gasteiger partial charge < -0.3 is 0 Å². The van der Waals surface area contributed by atoms with Crippen LogP contribution in [0.2, 0.25) is 5.02 Å². The number of aromatic amines is 1. The molecule has 2 nitrogen and oxygen atoms in total. The highest BCUT2D eigenvalue weighted by molar-refractivity contribution is 6.32. The SMILES string of the molecule is CC(C)c1c(C(F)(F)F)c(Cl)cc2[nH]ncc12. The predicted octanol–water partition coefficient (Wildman–Crippen LogP) is 4.36. The van der Waals surface area contributed by atoms with Crippen molar-refractivity contribution in [1.82, 2.24) is 10.2 Å². The Bertz CT molecular complexity index is 558. The van der Waals surface area contributed by atoms with Crippen LogP contribution in [0.1, 0.15) is 30.9 Å². The van der Waals surface area contributed by atoms with Gasteiger partial charge in [-0.2, -0.15) is 18.3 Å². The Labute approximate surface area is 101 Å². The minimum Gasteiger partial charge on any atom is -0.278 e. The molecule has 92 valence electrons. The molecular formula is C11H10ClF3N2. The van der Waals surface area contributed by atoms with Crippen molar-refractivity contribution in [3.05, 3.63) is 28.4 Å². The summed E-state index contributed by atoms with van der Waals surface area (Å²) in [5.41, 5.74) is -0.0523. The Morgan fingerprint density at radius 3 is 2.53 bits per heavy atom. The maximum Gasteiger partial charge on any atom is 0.418 e. The molecule has 1 N–H and O–H groups in total. The Kier molecular flexibility index (Phi) is 2.81. The van der Waals surface area contributed by atoms with Crippen molar-refractivity contribution in [1.29, 1.82) is 0 Å². The fraction of sp³-hybridized carbons (Fsp3) is 0.364. The number of halogens is 4. The van der Waals surface area contributed by atoms with Crippen molar-refractivity contribution < 1.29 is 13.2 Å². The molecule has 0 aliphatic heterocycles. The number of rotatable bonds is 1. The van der Waals surface area contributed by atoms with E-state index in [4.69, 9.17) is 11.6 Å². The highest BCUT2D eigenvalue weighted by Crippen LogP contribution is 2.42. The maximum absolute atomic E-state index is 13.0. The van der Waals surface area contributed by atoms with Crippen molar-refractivity contribution in [3.63, 3.8) is 0 Å². The number of nitrogens with zero attached hydrogens (tertiary/aromatic N) is 1.